The maximum atomic E-state index is 5.89. The Morgan fingerprint density at radius 1 is 1.47 bits per heavy atom. The van der Waals surface area contributed by atoms with Crippen molar-refractivity contribution < 1.29 is 9.47 Å². The lowest BCUT2D eigenvalue weighted by Gasteiger charge is -2.20. The molecule has 6 heteroatoms. The first-order valence-corrected chi connectivity index (χ1v) is 7.29. The fraction of sp³-hybridized carbons (Fsp3) is 0.462. The van der Waals surface area contributed by atoms with Crippen molar-refractivity contribution in [2.45, 2.75) is 33.0 Å². The van der Waals surface area contributed by atoms with E-state index in [0.29, 0.717) is 5.84 Å². The number of nitrogens with one attached hydrogen (secondary N) is 1. The fourth-order valence-corrected chi connectivity index (χ4v) is 2.43. The second-order valence-corrected chi connectivity index (χ2v) is 4.48. The molecule has 1 saturated heterocycles. The van der Waals surface area contributed by atoms with Crippen molar-refractivity contribution in [2.75, 3.05) is 11.3 Å². The van der Waals surface area contributed by atoms with Gasteiger partial charge in [0.15, 0.2) is 6.29 Å². The van der Waals surface area contributed by atoms with Gasteiger partial charge >= 0.3 is 0 Å². The monoisotopic (exact) mass is 281 g/mol. The van der Waals surface area contributed by atoms with Crippen molar-refractivity contribution in [2.24, 2.45) is 10.1 Å². The van der Waals surface area contributed by atoms with Gasteiger partial charge < -0.3 is 19.9 Å². The molecular weight excluding hydrogens is 262 g/mol. The molecule has 1 fully saturated rings. The van der Waals surface area contributed by atoms with Gasteiger partial charge in [-0.2, -0.15) is 4.40 Å². The molecule has 0 aliphatic carbocycles. The first-order valence-electron chi connectivity index (χ1n) is 6.52. The van der Waals surface area contributed by atoms with Gasteiger partial charge in [0.05, 0.1) is 30.0 Å². The highest BCUT2D eigenvalue weighted by Gasteiger charge is 2.22. The number of hydrogen-bond donors (Lipinski definition) is 2. The summed E-state index contributed by atoms with van der Waals surface area (Å²) in [4.78, 5) is 0. The summed E-state index contributed by atoms with van der Waals surface area (Å²) in [5.41, 5.74) is 7.64. The van der Waals surface area contributed by atoms with Crippen molar-refractivity contribution in [3.05, 3.63) is 23.8 Å². The first kappa shape index (κ1) is 14.0. The van der Waals surface area contributed by atoms with E-state index >= 15 is 0 Å². The van der Waals surface area contributed by atoms with E-state index in [4.69, 9.17) is 15.2 Å². The van der Waals surface area contributed by atoms with Crippen LogP contribution in [0.2, 0.25) is 0 Å². The number of rotatable bonds is 2. The molecule has 0 amide bonds. The molecule has 0 aromatic heterocycles. The molecule has 19 heavy (non-hydrogen) atoms. The van der Waals surface area contributed by atoms with Crippen molar-refractivity contribution in [3.63, 3.8) is 0 Å². The van der Waals surface area contributed by atoms with Crippen LogP contribution in [0.1, 0.15) is 32.3 Å². The Morgan fingerprint density at radius 3 is 3.05 bits per heavy atom. The number of benzene rings is 1. The van der Waals surface area contributed by atoms with Crippen LogP contribution in [-0.2, 0) is 4.74 Å². The van der Waals surface area contributed by atoms with Gasteiger partial charge in [-0.05, 0) is 18.6 Å². The summed E-state index contributed by atoms with van der Waals surface area (Å²) in [5, 5.41) is 0. The highest BCUT2D eigenvalue weighted by atomic mass is 32.2. The summed E-state index contributed by atoms with van der Waals surface area (Å²) in [6, 6.07) is 5.77. The molecule has 104 valence electrons. The van der Waals surface area contributed by atoms with Crippen molar-refractivity contribution in [1.82, 2.24) is 0 Å². The molecule has 3 N–H and O–H groups in total. The summed E-state index contributed by atoms with van der Waals surface area (Å²) < 4.78 is 18.4. The van der Waals surface area contributed by atoms with E-state index in [1.807, 2.05) is 32.0 Å². The zero-order valence-electron chi connectivity index (χ0n) is 11.2. The molecule has 2 aliphatic rings. The summed E-state index contributed by atoms with van der Waals surface area (Å²) in [5.74, 6) is 1.21. The van der Waals surface area contributed by atoms with Gasteiger partial charge in [0.25, 0.3) is 0 Å². The van der Waals surface area contributed by atoms with Crippen LogP contribution in [0.3, 0.4) is 0 Å². The van der Waals surface area contributed by atoms with Gasteiger partial charge in [-0.25, -0.2) is 0 Å². The zero-order chi connectivity index (χ0) is 13.7. The Bertz CT molecular complexity index is 459. The van der Waals surface area contributed by atoms with Gasteiger partial charge in [0.1, 0.15) is 11.6 Å². The summed E-state index contributed by atoms with van der Waals surface area (Å²) in [6.07, 6.45) is 1.80. The SMILES string of the molecule is CC.NC1=NSNc2cccc(OC3CCCO3)c21. The lowest BCUT2D eigenvalue weighted by molar-refractivity contribution is -0.0391. The average molecular weight is 281 g/mol. The third kappa shape index (κ3) is 3.13. The number of fused-ring (bicyclic) bond motifs is 1. The smallest absolute Gasteiger partial charge is 0.199 e. The quantitative estimate of drug-likeness (QED) is 0.816. The van der Waals surface area contributed by atoms with E-state index in [-0.39, 0.29) is 6.29 Å². The molecule has 3 rings (SSSR count). The molecule has 0 bridgehead atoms. The molecule has 1 aromatic rings. The van der Waals surface area contributed by atoms with E-state index in [0.717, 1.165) is 36.4 Å². The van der Waals surface area contributed by atoms with Crippen LogP contribution in [0, 0.1) is 0 Å². The van der Waals surface area contributed by atoms with Gasteiger partial charge in [-0.3, -0.25) is 0 Å². The van der Waals surface area contributed by atoms with Gasteiger partial charge in [0.2, 0.25) is 0 Å². The Hall–Kier alpha value is -1.40. The number of anilines is 1. The number of nitrogens with zero attached hydrogens (tertiary/aromatic N) is 1. The second-order valence-electron chi connectivity index (χ2n) is 3.91. The molecule has 0 radical (unpaired) electrons. The molecule has 5 nitrogen and oxygen atoms in total. The van der Waals surface area contributed by atoms with Crippen LogP contribution in [-0.4, -0.2) is 18.7 Å². The van der Waals surface area contributed by atoms with E-state index in [2.05, 4.69) is 9.12 Å². The van der Waals surface area contributed by atoms with E-state index in [1.54, 1.807) is 0 Å². The maximum absolute atomic E-state index is 5.89. The topological polar surface area (TPSA) is 68.9 Å². The standard InChI is InChI=1S/C11H13N3O2S.C2H6/c12-11-10-7(13-17-14-11)3-1-4-8(10)16-9-5-2-6-15-9;1-2/h1,3-4,9,13H,2,5-6H2,(H2,12,14);1-2H3. The van der Waals surface area contributed by atoms with Crippen molar-refractivity contribution in [3.8, 4) is 5.75 Å². The van der Waals surface area contributed by atoms with E-state index in [9.17, 15) is 0 Å². The largest absolute Gasteiger partial charge is 0.464 e. The van der Waals surface area contributed by atoms with Crippen molar-refractivity contribution >= 4 is 23.7 Å². The maximum Gasteiger partial charge on any atom is 0.199 e. The van der Waals surface area contributed by atoms with Crippen LogP contribution < -0.4 is 15.2 Å². The van der Waals surface area contributed by atoms with E-state index < -0.39 is 0 Å². The highest BCUT2D eigenvalue weighted by molar-refractivity contribution is 7.99. The Labute approximate surface area is 117 Å². The van der Waals surface area contributed by atoms with Crippen LogP contribution >= 0.6 is 12.1 Å². The number of nitrogens with two attached hydrogens (primary N) is 1. The minimum absolute atomic E-state index is 0.163. The number of hydrogen-bond acceptors (Lipinski definition) is 6. The molecule has 2 aliphatic heterocycles. The minimum atomic E-state index is -0.163. The summed E-state index contributed by atoms with van der Waals surface area (Å²) >= 11 is 1.22. The van der Waals surface area contributed by atoms with Crippen LogP contribution in [0.25, 0.3) is 0 Å². The normalized spacial score (nSPS) is 20.5. The molecule has 0 saturated carbocycles. The predicted octanol–water partition coefficient (Wildman–Crippen LogP) is 2.92. The molecule has 1 atom stereocenters. The summed E-state index contributed by atoms with van der Waals surface area (Å²) in [6.45, 7) is 4.76. The third-order valence-electron chi connectivity index (χ3n) is 2.73. The van der Waals surface area contributed by atoms with Crippen LogP contribution in [0.15, 0.2) is 22.6 Å². The van der Waals surface area contributed by atoms with Gasteiger partial charge in [-0.1, -0.05) is 19.9 Å². The van der Waals surface area contributed by atoms with Crippen molar-refractivity contribution in [1.29, 1.82) is 0 Å². The van der Waals surface area contributed by atoms with E-state index in [1.165, 1.54) is 12.1 Å². The minimum Gasteiger partial charge on any atom is -0.464 e. The number of ether oxygens (including phenoxy) is 2. The zero-order valence-corrected chi connectivity index (χ0v) is 12.0. The molecule has 0 spiro atoms. The second kappa shape index (κ2) is 6.68. The van der Waals surface area contributed by atoms with Crippen LogP contribution in [0.5, 0.6) is 5.75 Å². The molecule has 1 aromatic carbocycles. The molecule has 2 heterocycles. The highest BCUT2D eigenvalue weighted by Crippen LogP contribution is 2.33. The lowest BCUT2D eigenvalue weighted by Crippen LogP contribution is -2.22. The Morgan fingerprint density at radius 2 is 2.32 bits per heavy atom. The average Bonchev–Trinajstić information content (AvgIpc) is 2.94. The third-order valence-corrected chi connectivity index (χ3v) is 3.33. The Kier molecular flexibility index (Phi) is 4.93. The fourth-order valence-electron chi connectivity index (χ4n) is 1.93. The molecular formula is C13H19N3O2S. The van der Waals surface area contributed by atoms with Gasteiger partial charge in [-0.15, -0.1) is 0 Å². The lowest BCUT2D eigenvalue weighted by atomic mass is 10.1. The first-order chi connectivity index (χ1) is 9.34. The van der Waals surface area contributed by atoms with Gasteiger partial charge in [0, 0.05) is 6.42 Å². The summed E-state index contributed by atoms with van der Waals surface area (Å²) in [7, 11) is 0. The molecule has 1 unspecified atom stereocenters. The number of amidine groups is 1. The Balaban J connectivity index is 0.000000637. The van der Waals surface area contributed by atoms with Crippen LogP contribution in [0.4, 0.5) is 5.69 Å². The predicted molar refractivity (Wildman–Crippen MR) is 79.3 cm³/mol.